The first kappa shape index (κ1) is 25.3. The van der Waals surface area contributed by atoms with Crippen molar-refractivity contribution in [2.75, 3.05) is 23.8 Å². The second-order valence-electron chi connectivity index (χ2n) is 10.9. The van der Waals surface area contributed by atoms with Gasteiger partial charge in [-0.05, 0) is 61.6 Å². The van der Waals surface area contributed by atoms with Crippen LogP contribution in [0.5, 0.6) is 5.75 Å². The highest BCUT2D eigenvalue weighted by molar-refractivity contribution is 6.32. The summed E-state index contributed by atoms with van der Waals surface area (Å²) in [5.41, 5.74) is 1.02. The third kappa shape index (κ3) is 4.37. The van der Waals surface area contributed by atoms with E-state index in [1.807, 2.05) is 0 Å². The Balaban J connectivity index is 1.37. The number of rotatable bonds is 5. The van der Waals surface area contributed by atoms with Crippen LogP contribution >= 0.6 is 11.6 Å². The third-order valence-corrected chi connectivity index (χ3v) is 8.56. The largest absolute Gasteiger partial charge is 0.480 e. The summed E-state index contributed by atoms with van der Waals surface area (Å²) in [6.07, 6.45) is 4.70. The topological polar surface area (TPSA) is 101 Å². The molecular formula is C27H30ClF2N5O3. The zero-order valence-corrected chi connectivity index (χ0v) is 21.9. The van der Waals surface area contributed by atoms with Crippen molar-refractivity contribution in [2.45, 2.75) is 50.5 Å². The Kier molecular flexibility index (Phi) is 6.22. The number of aryl methyl sites for hydroxylation is 1. The number of fused-ring (bicyclic) bond motifs is 3. The smallest absolute Gasteiger partial charge is 0.301 e. The number of nitrogens with zero attached hydrogens (tertiary/aromatic N) is 3. The monoisotopic (exact) mass is 545 g/mol. The SMILES string of the molecule is C[C@@H]1CC(c2ncc(Cl)c(Nc3ccc4c(c3)c3c(c(=O)n4C)OCC(F)(F)[C@H](C4CC4)N3)n2)C[C@@H]1CO. The van der Waals surface area contributed by atoms with E-state index in [1.54, 1.807) is 31.4 Å². The van der Waals surface area contributed by atoms with Crippen molar-refractivity contribution < 1.29 is 18.6 Å². The summed E-state index contributed by atoms with van der Waals surface area (Å²) < 4.78 is 36.7. The number of nitrogens with one attached hydrogen (secondary N) is 2. The zero-order chi connectivity index (χ0) is 26.8. The summed E-state index contributed by atoms with van der Waals surface area (Å²) in [5.74, 6) is -1.54. The van der Waals surface area contributed by atoms with Gasteiger partial charge in [0.05, 0.1) is 23.4 Å². The van der Waals surface area contributed by atoms with E-state index < -0.39 is 24.1 Å². The third-order valence-electron chi connectivity index (χ3n) is 8.28. The molecule has 202 valence electrons. The molecule has 4 atom stereocenters. The Morgan fingerprint density at radius 2 is 2.11 bits per heavy atom. The molecule has 0 spiro atoms. The van der Waals surface area contributed by atoms with Crippen LogP contribution in [0, 0.1) is 17.8 Å². The molecule has 38 heavy (non-hydrogen) atoms. The fraction of sp³-hybridized carbons (Fsp3) is 0.519. The van der Waals surface area contributed by atoms with Gasteiger partial charge in [-0.1, -0.05) is 18.5 Å². The molecule has 1 aliphatic heterocycles. The van der Waals surface area contributed by atoms with Crippen molar-refractivity contribution in [1.82, 2.24) is 14.5 Å². The van der Waals surface area contributed by atoms with Gasteiger partial charge >= 0.3 is 5.92 Å². The van der Waals surface area contributed by atoms with Gasteiger partial charge in [-0.25, -0.2) is 18.7 Å². The maximum atomic E-state index is 14.9. The molecule has 2 fully saturated rings. The Bertz CT molecular complexity index is 1460. The number of hydrogen-bond acceptors (Lipinski definition) is 7. The number of aromatic nitrogens is 3. The highest BCUT2D eigenvalue weighted by atomic mass is 35.5. The van der Waals surface area contributed by atoms with Crippen LogP contribution in [0.4, 0.5) is 26.0 Å². The summed E-state index contributed by atoms with van der Waals surface area (Å²) >= 11 is 6.44. The number of halogens is 3. The van der Waals surface area contributed by atoms with E-state index in [2.05, 4.69) is 22.5 Å². The van der Waals surface area contributed by atoms with E-state index >= 15 is 0 Å². The van der Waals surface area contributed by atoms with Crippen LogP contribution in [-0.4, -0.2) is 44.8 Å². The van der Waals surface area contributed by atoms with E-state index in [0.29, 0.717) is 52.0 Å². The van der Waals surface area contributed by atoms with E-state index in [1.165, 1.54) is 4.57 Å². The number of aliphatic hydroxyl groups excluding tert-OH is 1. The molecule has 2 aliphatic carbocycles. The van der Waals surface area contributed by atoms with Gasteiger partial charge in [-0.3, -0.25) is 4.79 Å². The molecule has 3 N–H and O–H groups in total. The fourth-order valence-corrected chi connectivity index (χ4v) is 6.03. The first-order chi connectivity index (χ1) is 18.2. The zero-order valence-electron chi connectivity index (χ0n) is 21.2. The van der Waals surface area contributed by atoms with Crippen molar-refractivity contribution >= 4 is 39.7 Å². The summed E-state index contributed by atoms with van der Waals surface area (Å²) in [6.45, 7) is 1.43. The summed E-state index contributed by atoms with van der Waals surface area (Å²) in [5, 5.41) is 16.8. The average Bonchev–Trinajstić information content (AvgIpc) is 3.67. The highest BCUT2D eigenvalue weighted by Crippen LogP contribution is 2.46. The Labute approximate surface area is 223 Å². The normalized spacial score (nSPS) is 26.4. The minimum Gasteiger partial charge on any atom is -0.480 e. The number of aliphatic hydroxyl groups is 1. The minimum absolute atomic E-state index is 0.101. The van der Waals surface area contributed by atoms with Crippen molar-refractivity contribution in [3.8, 4) is 5.75 Å². The van der Waals surface area contributed by atoms with Gasteiger partial charge in [0.15, 0.2) is 12.4 Å². The molecule has 2 aromatic heterocycles. The summed E-state index contributed by atoms with van der Waals surface area (Å²) in [6, 6.07) is 4.23. The molecule has 3 aliphatic rings. The van der Waals surface area contributed by atoms with Gasteiger partial charge in [0.2, 0.25) is 5.75 Å². The number of ether oxygens (including phenoxy) is 1. The summed E-state index contributed by atoms with van der Waals surface area (Å²) in [4.78, 5) is 22.2. The number of benzene rings is 1. The first-order valence-corrected chi connectivity index (χ1v) is 13.4. The van der Waals surface area contributed by atoms with Crippen LogP contribution < -0.4 is 20.9 Å². The lowest BCUT2D eigenvalue weighted by Crippen LogP contribution is -2.44. The standard InChI is InChI=1S/C27H30ClF2N5O3/c1-13-7-15(8-16(13)11-36)24-31-10-19(28)25(34-24)32-17-5-6-20-18(9-17)21-22(26(37)35(20)2)38-12-27(29,30)23(33-21)14-3-4-14/h5-6,9-10,13-16,23,33,36H,3-4,7-8,11-12H2,1-2H3,(H,31,32,34)/t13-,15?,16-,23+/m1/s1. The molecule has 1 unspecified atom stereocenters. The van der Waals surface area contributed by atoms with Crippen molar-refractivity contribution in [3.63, 3.8) is 0 Å². The van der Waals surface area contributed by atoms with Crippen LogP contribution in [0.1, 0.15) is 44.3 Å². The number of anilines is 3. The molecule has 0 amide bonds. The molecule has 3 aromatic rings. The first-order valence-electron chi connectivity index (χ1n) is 13.0. The minimum atomic E-state index is -3.11. The van der Waals surface area contributed by atoms with Crippen LogP contribution in [0.15, 0.2) is 29.2 Å². The molecular weight excluding hydrogens is 516 g/mol. The van der Waals surface area contributed by atoms with E-state index in [9.17, 15) is 18.7 Å². The lowest BCUT2D eigenvalue weighted by atomic mass is 10.00. The van der Waals surface area contributed by atoms with Crippen LogP contribution in [-0.2, 0) is 7.05 Å². The van der Waals surface area contributed by atoms with Crippen LogP contribution in [0.25, 0.3) is 10.9 Å². The van der Waals surface area contributed by atoms with Gasteiger partial charge in [0.25, 0.3) is 5.56 Å². The quantitative estimate of drug-likeness (QED) is 0.411. The second-order valence-corrected chi connectivity index (χ2v) is 11.4. The molecule has 6 rings (SSSR count). The van der Waals surface area contributed by atoms with E-state index in [-0.39, 0.29) is 35.8 Å². The lowest BCUT2D eigenvalue weighted by Gasteiger charge is -2.25. The van der Waals surface area contributed by atoms with Gasteiger partial charge in [-0.2, -0.15) is 0 Å². The molecule has 0 saturated heterocycles. The van der Waals surface area contributed by atoms with Gasteiger partial charge in [0, 0.05) is 30.6 Å². The highest BCUT2D eigenvalue weighted by Gasteiger charge is 2.51. The Morgan fingerprint density at radius 3 is 2.82 bits per heavy atom. The molecule has 11 heteroatoms. The molecule has 0 bridgehead atoms. The summed E-state index contributed by atoms with van der Waals surface area (Å²) in [7, 11) is 1.60. The number of alkyl halides is 2. The Hall–Kier alpha value is -2.98. The molecule has 1 aromatic carbocycles. The van der Waals surface area contributed by atoms with Crippen molar-refractivity contribution in [2.24, 2.45) is 24.8 Å². The second kappa shape index (κ2) is 9.34. The number of hydrogen-bond donors (Lipinski definition) is 3. The van der Waals surface area contributed by atoms with Crippen LogP contribution in [0.3, 0.4) is 0 Å². The maximum absolute atomic E-state index is 14.9. The van der Waals surface area contributed by atoms with Gasteiger partial charge in [0.1, 0.15) is 10.8 Å². The molecule has 0 radical (unpaired) electrons. The van der Waals surface area contributed by atoms with E-state index in [4.69, 9.17) is 21.3 Å². The van der Waals surface area contributed by atoms with Crippen LogP contribution in [0.2, 0.25) is 5.02 Å². The van der Waals surface area contributed by atoms with Crippen molar-refractivity contribution in [3.05, 3.63) is 45.6 Å². The molecule has 2 saturated carbocycles. The maximum Gasteiger partial charge on any atom is 0.301 e. The fourth-order valence-electron chi connectivity index (χ4n) is 5.89. The number of pyridine rings is 1. The Morgan fingerprint density at radius 1 is 1.32 bits per heavy atom. The van der Waals surface area contributed by atoms with Gasteiger partial charge < -0.3 is 25.0 Å². The predicted molar refractivity (Wildman–Crippen MR) is 142 cm³/mol. The van der Waals surface area contributed by atoms with Crippen molar-refractivity contribution in [1.29, 1.82) is 0 Å². The lowest BCUT2D eigenvalue weighted by molar-refractivity contribution is -0.0579. The molecule has 3 heterocycles. The van der Waals surface area contributed by atoms with Gasteiger partial charge in [-0.15, -0.1) is 0 Å². The average molecular weight is 546 g/mol. The van der Waals surface area contributed by atoms with E-state index in [0.717, 1.165) is 12.8 Å². The molecule has 8 nitrogen and oxygen atoms in total. The predicted octanol–water partition coefficient (Wildman–Crippen LogP) is 5.07.